The zero-order valence-electron chi connectivity index (χ0n) is 14.7. The molecular weight excluding hydrogens is 315 g/mol. The largest absolute Gasteiger partial charge is 0.298 e. The van der Waals surface area contributed by atoms with Gasteiger partial charge in [0.25, 0.3) is 0 Å². The zero-order valence-corrected chi connectivity index (χ0v) is 14.7. The summed E-state index contributed by atoms with van der Waals surface area (Å²) in [6.45, 7) is 6.98. The van der Waals surface area contributed by atoms with Gasteiger partial charge in [-0.3, -0.25) is 9.30 Å². The summed E-state index contributed by atoms with van der Waals surface area (Å²) in [6, 6.07) is 8.92. The third kappa shape index (κ3) is 3.29. The minimum Gasteiger partial charge on any atom is -0.298 e. The van der Waals surface area contributed by atoms with E-state index in [0.717, 1.165) is 60.9 Å². The number of fused-ring (bicyclic) bond motifs is 1. The Balaban J connectivity index is 1.59. The van der Waals surface area contributed by atoms with Crippen LogP contribution in [0.25, 0.3) is 5.52 Å². The highest BCUT2D eigenvalue weighted by Crippen LogP contribution is 2.28. The third-order valence-electron chi connectivity index (χ3n) is 5.03. The van der Waals surface area contributed by atoms with E-state index in [-0.39, 0.29) is 5.82 Å². The van der Waals surface area contributed by atoms with Gasteiger partial charge in [-0.1, -0.05) is 12.1 Å². The van der Waals surface area contributed by atoms with Crippen LogP contribution in [0.5, 0.6) is 0 Å². The molecule has 3 aromatic rings. The van der Waals surface area contributed by atoms with E-state index in [0.29, 0.717) is 5.92 Å². The molecule has 1 atom stereocenters. The number of nitrogens with zero attached hydrogens (tertiary/aromatic N) is 4. The van der Waals surface area contributed by atoms with Crippen LogP contribution < -0.4 is 0 Å². The summed E-state index contributed by atoms with van der Waals surface area (Å²) in [7, 11) is 0. The second-order valence-electron chi connectivity index (χ2n) is 7.02. The van der Waals surface area contributed by atoms with Crippen molar-refractivity contribution in [2.45, 2.75) is 39.2 Å². The summed E-state index contributed by atoms with van der Waals surface area (Å²) in [4.78, 5) is 11.8. The van der Waals surface area contributed by atoms with Crippen molar-refractivity contribution in [1.82, 2.24) is 19.3 Å². The van der Waals surface area contributed by atoms with Crippen LogP contribution in [0.2, 0.25) is 0 Å². The van der Waals surface area contributed by atoms with Gasteiger partial charge in [0.2, 0.25) is 0 Å². The number of aromatic nitrogens is 3. The van der Waals surface area contributed by atoms with Crippen LogP contribution in [0.4, 0.5) is 4.39 Å². The Morgan fingerprint density at radius 1 is 1.20 bits per heavy atom. The molecule has 130 valence electrons. The second-order valence-corrected chi connectivity index (χ2v) is 7.02. The topological polar surface area (TPSA) is 33.4 Å². The van der Waals surface area contributed by atoms with E-state index in [2.05, 4.69) is 20.4 Å². The molecule has 0 amide bonds. The van der Waals surface area contributed by atoms with Crippen LogP contribution in [-0.2, 0) is 6.54 Å². The Labute approximate surface area is 147 Å². The van der Waals surface area contributed by atoms with Crippen LogP contribution in [0.15, 0.2) is 36.5 Å². The van der Waals surface area contributed by atoms with E-state index in [9.17, 15) is 4.39 Å². The normalized spacial score (nSPS) is 18.8. The van der Waals surface area contributed by atoms with Gasteiger partial charge in [0, 0.05) is 24.7 Å². The Morgan fingerprint density at radius 3 is 2.80 bits per heavy atom. The Kier molecular flexibility index (Phi) is 4.25. The highest BCUT2D eigenvalue weighted by molar-refractivity contribution is 5.48. The summed E-state index contributed by atoms with van der Waals surface area (Å²) in [5.74, 6) is 2.33. The second kappa shape index (κ2) is 6.56. The number of hydrogen-bond donors (Lipinski definition) is 0. The number of hydrogen-bond acceptors (Lipinski definition) is 3. The summed E-state index contributed by atoms with van der Waals surface area (Å²) in [5, 5.41) is 0. The maximum atomic E-state index is 13.1. The zero-order chi connectivity index (χ0) is 17.4. The highest BCUT2D eigenvalue weighted by atomic mass is 19.1. The SMILES string of the molecule is Cc1cc2cnc(C)n2c(C2CCCN(Cc3ccc(F)cc3)C2)n1. The standard InChI is InChI=1S/C20H23FN4/c1-14-10-19-11-22-15(2)25(19)20(23-14)17-4-3-9-24(13-17)12-16-5-7-18(21)8-6-16/h5-8,10-11,17H,3-4,9,12-13H2,1-2H3. The van der Waals surface area contributed by atoms with Crippen LogP contribution >= 0.6 is 0 Å². The van der Waals surface area contributed by atoms with Gasteiger partial charge >= 0.3 is 0 Å². The molecule has 0 aliphatic carbocycles. The Bertz CT molecular complexity index is 885. The van der Waals surface area contributed by atoms with Crippen molar-refractivity contribution in [3.63, 3.8) is 0 Å². The molecule has 1 aliphatic heterocycles. The van der Waals surface area contributed by atoms with Crippen molar-refractivity contribution < 1.29 is 4.39 Å². The van der Waals surface area contributed by atoms with Crippen molar-refractivity contribution in [2.75, 3.05) is 13.1 Å². The lowest BCUT2D eigenvalue weighted by Gasteiger charge is -2.33. The minimum atomic E-state index is -0.179. The average Bonchev–Trinajstić information content (AvgIpc) is 2.97. The van der Waals surface area contributed by atoms with Gasteiger partial charge in [-0.25, -0.2) is 14.4 Å². The lowest BCUT2D eigenvalue weighted by atomic mass is 9.96. The quantitative estimate of drug-likeness (QED) is 0.727. The molecule has 0 bridgehead atoms. The molecule has 1 aromatic carbocycles. The minimum absolute atomic E-state index is 0.179. The fraction of sp³-hybridized carbons (Fsp3) is 0.400. The number of piperidine rings is 1. The first-order valence-electron chi connectivity index (χ1n) is 8.88. The molecule has 4 nitrogen and oxygen atoms in total. The van der Waals surface area contributed by atoms with Gasteiger partial charge in [-0.2, -0.15) is 0 Å². The average molecular weight is 338 g/mol. The molecular formula is C20H23FN4. The molecule has 25 heavy (non-hydrogen) atoms. The van der Waals surface area contributed by atoms with Crippen molar-refractivity contribution in [1.29, 1.82) is 0 Å². The van der Waals surface area contributed by atoms with E-state index >= 15 is 0 Å². The molecule has 1 saturated heterocycles. The maximum Gasteiger partial charge on any atom is 0.123 e. The summed E-state index contributed by atoms with van der Waals surface area (Å²) in [5.41, 5.74) is 3.32. The monoisotopic (exact) mass is 338 g/mol. The summed E-state index contributed by atoms with van der Waals surface area (Å²) < 4.78 is 15.3. The van der Waals surface area contributed by atoms with Crippen molar-refractivity contribution in [3.05, 3.63) is 65.3 Å². The molecule has 5 heteroatoms. The molecule has 0 radical (unpaired) electrons. The van der Waals surface area contributed by atoms with E-state index in [4.69, 9.17) is 4.98 Å². The fourth-order valence-corrected chi connectivity index (χ4v) is 3.87. The van der Waals surface area contributed by atoms with Crippen LogP contribution in [-0.4, -0.2) is 32.4 Å². The van der Waals surface area contributed by atoms with Crippen LogP contribution in [0, 0.1) is 19.7 Å². The molecule has 0 N–H and O–H groups in total. The lowest BCUT2D eigenvalue weighted by molar-refractivity contribution is 0.195. The first kappa shape index (κ1) is 16.2. The molecule has 0 spiro atoms. The van der Waals surface area contributed by atoms with Gasteiger partial charge in [-0.15, -0.1) is 0 Å². The van der Waals surface area contributed by atoms with E-state index in [1.165, 1.54) is 12.1 Å². The molecule has 3 heterocycles. The Hall–Kier alpha value is -2.27. The summed E-state index contributed by atoms with van der Waals surface area (Å²) >= 11 is 0. The maximum absolute atomic E-state index is 13.1. The number of halogens is 1. The number of benzene rings is 1. The lowest BCUT2D eigenvalue weighted by Crippen LogP contribution is -2.35. The van der Waals surface area contributed by atoms with Crippen molar-refractivity contribution in [3.8, 4) is 0 Å². The predicted molar refractivity (Wildman–Crippen MR) is 96.1 cm³/mol. The smallest absolute Gasteiger partial charge is 0.123 e. The molecule has 1 aliphatic rings. The summed E-state index contributed by atoms with van der Waals surface area (Å²) in [6.07, 6.45) is 4.21. The van der Waals surface area contributed by atoms with Gasteiger partial charge in [-0.05, 0) is 57.0 Å². The third-order valence-corrected chi connectivity index (χ3v) is 5.03. The van der Waals surface area contributed by atoms with E-state index < -0.39 is 0 Å². The van der Waals surface area contributed by atoms with Crippen LogP contribution in [0.1, 0.15) is 41.7 Å². The van der Waals surface area contributed by atoms with E-state index in [1.54, 1.807) is 0 Å². The van der Waals surface area contributed by atoms with Gasteiger partial charge < -0.3 is 0 Å². The fourth-order valence-electron chi connectivity index (χ4n) is 3.87. The van der Waals surface area contributed by atoms with Gasteiger partial charge in [0.15, 0.2) is 0 Å². The molecule has 4 rings (SSSR count). The number of likely N-dealkylation sites (tertiary alicyclic amines) is 1. The van der Waals surface area contributed by atoms with Gasteiger partial charge in [0.1, 0.15) is 17.5 Å². The number of aryl methyl sites for hydroxylation is 2. The van der Waals surface area contributed by atoms with Crippen molar-refractivity contribution >= 4 is 5.52 Å². The van der Waals surface area contributed by atoms with Crippen molar-refractivity contribution in [2.24, 2.45) is 0 Å². The first-order chi connectivity index (χ1) is 12.1. The van der Waals surface area contributed by atoms with E-state index in [1.807, 2.05) is 32.2 Å². The molecule has 1 unspecified atom stereocenters. The Morgan fingerprint density at radius 2 is 2.00 bits per heavy atom. The highest BCUT2D eigenvalue weighted by Gasteiger charge is 2.25. The molecule has 1 fully saturated rings. The number of rotatable bonds is 3. The van der Waals surface area contributed by atoms with Gasteiger partial charge in [0.05, 0.1) is 11.7 Å². The molecule has 0 saturated carbocycles. The predicted octanol–water partition coefficient (Wildman–Crippen LogP) is 3.86. The number of imidazole rings is 1. The molecule has 2 aromatic heterocycles. The van der Waals surface area contributed by atoms with Crippen LogP contribution in [0.3, 0.4) is 0 Å². The first-order valence-corrected chi connectivity index (χ1v) is 8.88.